The van der Waals surface area contributed by atoms with Gasteiger partial charge in [-0.3, -0.25) is 9.59 Å². The zero-order valence-corrected chi connectivity index (χ0v) is 56.4. The number of hydrogen-bond donors (Lipinski definition) is 18. The Morgan fingerprint density at radius 3 is 1.23 bits per heavy atom. The SMILES string of the molecule is CCCCCCCCCCCCC/C=C/[C@@H](O)[C@H](CO[C@@H]1OC(CO)[C@@H](O[C@@H]2OC(CO)[C@H](O)[C@H](O[C@H]3OC(CO)[C@H](O)[C@H](O[C@@H]4OC(CO)[C@H](O)[C@H](O[C@@H]5OC(CO)[C@H](O)[C@H](O)C5O)C4NC(C)=O)C3O)C2O)[C@H](O)C1O)NC(=O)CCCCCCCCCCCCCCC. The number of hydrogen-bond acceptors (Lipinski definition) is 28. The van der Waals surface area contributed by atoms with E-state index >= 15 is 0 Å². The molecule has 0 aromatic rings. The van der Waals surface area contributed by atoms with E-state index in [-0.39, 0.29) is 12.3 Å². The number of ether oxygens (including phenoxy) is 10. The smallest absolute Gasteiger partial charge is 0.220 e. The molecule has 0 aromatic heterocycles. The molecule has 30 heteroatoms. The van der Waals surface area contributed by atoms with E-state index in [0.717, 1.165) is 58.3 Å². The van der Waals surface area contributed by atoms with Crippen LogP contribution in [-0.2, 0) is 57.0 Å². The van der Waals surface area contributed by atoms with Crippen LogP contribution in [0.5, 0.6) is 0 Å². The van der Waals surface area contributed by atoms with Gasteiger partial charge in [0.15, 0.2) is 31.5 Å². The first kappa shape index (κ1) is 84.3. The van der Waals surface area contributed by atoms with Crippen molar-refractivity contribution in [2.45, 2.75) is 353 Å². The molecule has 5 rings (SSSR count). The maximum atomic E-state index is 13.4. The number of nitrogens with one attached hydrogen (secondary N) is 2. The first-order valence-corrected chi connectivity index (χ1v) is 35.5. The Kier molecular flexibility index (Phi) is 40.0. The summed E-state index contributed by atoms with van der Waals surface area (Å²) in [6, 6.07) is -2.76. The maximum Gasteiger partial charge on any atom is 0.220 e. The van der Waals surface area contributed by atoms with Gasteiger partial charge in [-0.2, -0.15) is 0 Å². The van der Waals surface area contributed by atoms with E-state index in [1.165, 1.54) is 96.3 Å². The van der Waals surface area contributed by atoms with Gasteiger partial charge in [-0.25, -0.2) is 0 Å². The standard InChI is InChI=1S/C66H120N2O28/c1-4-6-8-10-12-14-16-18-20-22-24-26-28-30-40(75)39(68-46(76)31-29-27-25-23-21-19-17-15-13-11-9-7-5-2)37-87-63-55(84)53(82)58(45(36-73)92-63)93-65-57(86)61(51(80)44(35-72)90-65)96-66-56(85)60(50(79)43(34-71)91-66)95-62-47(67-38(3)74)59(49(78)42(33-70)88-62)94-64-54(83)52(81)48(77)41(32-69)89-64/h28,30,39-45,47-66,69-73,75,77-86H,4-27,29,31-37H2,1-3H3,(H,67,74)(H,68,76)/b30-28+/t39-,40+,41?,42?,43?,44?,45?,47?,48-,49-,50-,51-,52-,53+,54?,55?,56?,57?,58+,59+,60-,61-,62-,63+,64-,65-,66+/m0/s1. The predicted molar refractivity (Wildman–Crippen MR) is 340 cm³/mol. The van der Waals surface area contributed by atoms with Crippen LogP contribution in [0, 0.1) is 0 Å². The number of aliphatic hydroxyl groups excluding tert-OH is 16. The van der Waals surface area contributed by atoms with Crippen molar-refractivity contribution in [3.63, 3.8) is 0 Å². The number of rotatable bonds is 46. The molecular weight excluding hydrogens is 1270 g/mol. The summed E-state index contributed by atoms with van der Waals surface area (Å²) in [5.41, 5.74) is 0. The molecule has 5 aliphatic rings. The van der Waals surface area contributed by atoms with Crippen molar-refractivity contribution in [3.05, 3.63) is 12.2 Å². The lowest BCUT2D eigenvalue weighted by Gasteiger charge is -2.50. The molecule has 0 aromatic carbocycles. The van der Waals surface area contributed by atoms with Crippen LogP contribution >= 0.6 is 0 Å². The van der Waals surface area contributed by atoms with Gasteiger partial charge in [-0.15, -0.1) is 0 Å². The Hall–Kier alpha value is -2.36. The zero-order valence-electron chi connectivity index (χ0n) is 56.4. The van der Waals surface area contributed by atoms with Crippen LogP contribution < -0.4 is 10.6 Å². The van der Waals surface area contributed by atoms with E-state index in [9.17, 15) is 91.3 Å². The largest absolute Gasteiger partial charge is 0.394 e. The molecule has 562 valence electrons. The summed E-state index contributed by atoms with van der Waals surface area (Å²) in [5, 5.41) is 181. The third-order valence-electron chi connectivity index (χ3n) is 18.7. The third kappa shape index (κ3) is 25.9. The fraction of sp³-hybridized carbons (Fsp3) is 0.939. The third-order valence-corrected chi connectivity index (χ3v) is 18.7. The summed E-state index contributed by atoms with van der Waals surface area (Å²) in [4.78, 5) is 26.1. The van der Waals surface area contributed by atoms with Crippen molar-refractivity contribution >= 4 is 11.8 Å². The first-order valence-electron chi connectivity index (χ1n) is 35.5. The van der Waals surface area contributed by atoms with Gasteiger partial charge >= 0.3 is 0 Å². The highest BCUT2D eigenvalue weighted by atomic mass is 16.8. The average Bonchev–Trinajstić information content (AvgIpc) is 0.777. The fourth-order valence-electron chi connectivity index (χ4n) is 12.8. The lowest BCUT2D eigenvalue weighted by atomic mass is 9.94. The number of amides is 2. The molecule has 2 amide bonds. The molecule has 10 unspecified atom stereocenters. The van der Waals surface area contributed by atoms with Crippen molar-refractivity contribution < 1.29 is 139 Å². The Labute approximate surface area is 564 Å². The molecule has 27 atom stereocenters. The molecule has 5 saturated heterocycles. The van der Waals surface area contributed by atoms with Crippen LogP contribution in [0.15, 0.2) is 12.2 Å². The lowest BCUT2D eigenvalue weighted by Crippen LogP contribution is -2.70. The van der Waals surface area contributed by atoms with Gasteiger partial charge in [0.2, 0.25) is 11.8 Å². The van der Waals surface area contributed by atoms with Crippen LogP contribution in [0.1, 0.15) is 188 Å². The summed E-state index contributed by atoms with van der Waals surface area (Å²) in [6.45, 7) is 0.275. The minimum absolute atomic E-state index is 0.190. The molecule has 0 aliphatic carbocycles. The van der Waals surface area contributed by atoms with Gasteiger partial charge in [0.1, 0.15) is 122 Å². The highest BCUT2D eigenvalue weighted by Gasteiger charge is 2.57. The molecule has 0 bridgehead atoms. The highest BCUT2D eigenvalue weighted by Crippen LogP contribution is 2.37. The number of unbranched alkanes of at least 4 members (excludes halogenated alkanes) is 23. The average molecular weight is 1390 g/mol. The normalized spacial score (nSPS) is 36.6. The molecule has 5 heterocycles. The number of carbonyl (C=O) groups is 2. The van der Waals surface area contributed by atoms with E-state index in [0.29, 0.717) is 12.8 Å². The van der Waals surface area contributed by atoms with E-state index in [1.54, 1.807) is 6.08 Å². The number of allylic oxidation sites excluding steroid dienone is 1. The summed E-state index contributed by atoms with van der Waals surface area (Å²) in [5.74, 6) is -1.15. The van der Waals surface area contributed by atoms with Gasteiger partial charge in [0.25, 0.3) is 0 Å². The monoisotopic (exact) mass is 1390 g/mol. The van der Waals surface area contributed by atoms with Gasteiger partial charge < -0.3 is 140 Å². The predicted octanol–water partition coefficient (Wildman–Crippen LogP) is -1.17. The summed E-state index contributed by atoms with van der Waals surface area (Å²) in [7, 11) is 0. The Bertz CT molecular complexity index is 2110. The molecule has 30 nitrogen and oxygen atoms in total. The minimum atomic E-state index is -2.23. The number of aliphatic hydroxyl groups is 16. The van der Waals surface area contributed by atoms with Crippen molar-refractivity contribution in [2.75, 3.05) is 39.6 Å². The van der Waals surface area contributed by atoms with Crippen LogP contribution in [0.3, 0.4) is 0 Å². The second kappa shape index (κ2) is 45.6. The highest BCUT2D eigenvalue weighted by molar-refractivity contribution is 5.76. The van der Waals surface area contributed by atoms with Gasteiger partial charge in [0.05, 0.1) is 51.8 Å². The quantitative estimate of drug-likeness (QED) is 0.0252. The van der Waals surface area contributed by atoms with Crippen LogP contribution in [0.25, 0.3) is 0 Å². The molecular formula is C66H120N2O28. The van der Waals surface area contributed by atoms with Gasteiger partial charge in [-0.1, -0.05) is 167 Å². The Morgan fingerprint density at radius 2 is 0.771 bits per heavy atom. The van der Waals surface area contributed by atoms with Crippen molar-refractivity contribution in [2.24, 2.45) is 0 Å². The van der Waals surface area contributed by atoms with Gasteiger partial charge in [0, 0.05) is 13.3 Å². The minimum Gasteiger partial charge on any atom is -0.394 e. The molecule has 18 N–H and O–H groups in total. The summed E-state index contributed by atoms with van der Waals surface area (Å²) < 4.78 is 58.4. The van der Waals surface area contributed by atoms with Crippen LogP contribution in [-0.4, -0.2) is 299 Å². The maximum absolute atomic E-state index is 13.4. The number of carbonyl (C=O) groups excluding carboxylic acids is 2. The molecule has 96 heavy (non-hydrogen) atoms. The van der Waals surface area contributed by atoms with Crippen LogP contribution in [0.4, 0.5) is 0 Å². The second-order valence-electron chi connectivity index (χ2n) is 26.4. The van der Waals surface area contributed by atoms with Crippen molar-refractivity contribution in [1.29, 1.82) is 0 Å². The molecule has 5 fully saturated rings. The van der Waals surface area contributed by atoms with E-state index in [1.807, 2.05) is 6.08 Å². The van der Waals surface area contributed by atoms with E-state index in [4.69, 9.17) is 47.4 Å². The van der Waals surface area contributed by atoms with E-state index < -0.39 is 211 Å². The summed E-state index contributed by atoms with van der Waals surface area (Å²) >= 11 is 0. The zero-order chi connectivity index (χ0) is 70.3. The Balaban J connectivity index is 1.23. The van der Waals surface area contributed by atoms with Crippen molar-refractivity contribution in [3.8, 4) is 0 Å². The first-order chi connectivity index (χ1) is 46.2. The van der Waals surface area contributed by atoms with Crippen LogP contribution in [0.2, 0.25) is 0 Å². The fourth-order valence-corrected chi connectivity index (χ4v) is 12.8. The molecule has 0 spiro atoms. The lowest BCUT2D eigenvalue weighted by molar-refractivity contribution is -0.390. The van der Waals surface area contributed by atoms with Gasteiger partial charge in [-0.05, 0) is 19.3 Å². The van der Waals surface area contributed by atoms with Crippen molar-refractivity contribution in [1.82, 2.24) is 10.6 Å². The van der Waals surface area contributed by atoms with E-state index in [2.05, 4.69) is 24.5 Å². The molecule has 5 aliphatic heterocycles. The molecule has 0 radical (unpaired) electrons. The topological polar surface area (TPSA) is 474 Å². The second-order valence-corrected chi connectivity index (χ2v) is 26.4. The summed E-state index contributed by atoms with van der Waals surface area (Å²) in [6.07, 6.45) is -14.7. The molecule has 0 saturated carbocycles. The Morgan fingerprint density at radius 1 is 0.406 bits per heavy atom.